The zero-order valence-electron chi connectivity index (χ0n) is 10.7. The van der Waals surface area contributed by atoms with Gasteiger partial charge in [0.1, 0.15) is 5.69 Å². The van der Waals surface area contributed by atoms with E-state index in [4.69, 9.17) is 4.74 Å². The van der Waals surface area contributed by atoms with Gasteiger partial charge in [0, 0.05) is 12.4 Å². The van der Waals surface area contributed by atoms with Gasteiger partial charge in [-0.25, -0.2) is 4.98 Å². The molecule has 0 aliphatic carbocycles. The third kappa shape index (κ3) is 3.45. The molecule has 1 heterocycles. The van der Waals surface area contributed by atoms with Crippen molar-refractivity contribution in [2.45, 2.75) is 33.2 Å². The molecule has 4 heteroatoms. The first kappa shape index (κ1) is 12.9. The molecule has 0 amide bonds. The fraction of sp³-hybridized carbons (Fsp3) is 0.667. The van der Waals surface area contributed by atoms with Crippen molar-refractivity contribution >= 4 is 0 Å². The van der Waals surface area contributed by atoms with Gasteiger partial charge in [-0.1, -0.05) is 20.8 Å². The molecule has 0 saturated heterocycles. The average Bonchev–Trinajstić information content (AvgIpc) is 2.24. The maximum absolute atomic E-state index is 5.23. The van der Waals surface area contributed by atoms with E-state index in [-0.39, 0.29) is 11.5 Å². The highest BCUT2D eigenvalue weighted by Crippen LogP contribution is 2.31. The van der Waals surface area contributed by atoms with Crippen molar-refractivity contribution in [2.24, 2.45) is 5.41 Å². The van der Waals surface area contributed by atoms with Crippen LogP contribution in [0.5, 0.6) is 5.88 Å². The number of nitrogens with one attached hydrogen (secondary N) is 1. The molecule has 0 saturated carbocycles. The molecule has 0 aromatic carbocycles. The molecular weight excluding hydrogens is 202 g/mol. The number of hydrogen-bond acceptors (Lipinski definition) is 4. The van der Waals surface area contributed by atoms with Gasteiger partial charge < -0.3 is 10.1 Å². The summed E-state index contributed by atoms with van der Waals surface area (Å²) in [6, 6.07) is 0.170. The first-order valence-electron chi connectivity index (χ1n) is 5.50. The Morgan fingerprint density at radius 3 is 2.44 bits per heavy atom. The Balaban J connectivity index is 2.94. The highest BCUT2D eigenvalue weighted by Gasteiger charge is 2.23. The summed E-state index contributed by atoms with van der Waals surface area (Å²) in [5, 5.41) is 3.27. The molecule has 0 aliphatic heterocycles. The minimum atomic E-state index is 0.170. The third-order valence-corrected chi connectivity index (χ3v) is 2.38. The van der Waals surface area contributed by atoms with E-state index < -0.39 is 0 Å². The van der Waals surface area contributed by atoms with Crippen LogP contribution in [0, 0.1) is 5.41 Å². The normalized spacial score (nSPS) is 13.6. The molecule has 0 aliphatic rings. The summed E-state index contributed by atoms with van der Waals surface area (Å²) in [5.74, 6) is 0.603. The zero-order chi connectivity index (χ0) is 12.2. The summed E-state index contributed by atoms with van der Waals surface area (Å²) in [6.45, 7) is 6.63. The van der Waals surface area contributed by atoms with E-state index >= 15 is 0 Å². The molecule has 0 bridgehead atoms. The second-order valence-corrected chi connectivity index (χ2v) is 5.06. The van der Waals surface area contributed by atoms with Gasteiger partial charge in [0.2, 0.25) is 5.88 Å². The second kappa shape index (κ2) is 5.25. The number of rotatable bonds is 4. The smallest absolute Gasteiger partial charge is 0.236 e. The zero-order valence-corrected chi connectivity index (χ0v) is 10.7. The van der Waals surface area contributed by atoms with E-state index in [0.717, 1.165) is 12.1 Å². The summed E-state index contributed by atoms with van der Waals surface area (Å²) in [7, 11) is 3.56. The van der Waals surface area contributed by atoms with Gasteiger partial charge in [-0.05, 0) is 18.9 Å². The Bertz CT molecular complexity index is 333. The molecule has 1 atom stereocenters. The summed E-state index contributed by atoms with van der Waals surface area (Å²) >= 11 is 0. The number of methoxy groups -OCH3 is 1. The van der Waals surface area contributed by atoms with Crippen LogP contribution in [0.2, 0.25) is 0 Å². The van der Waals surface area contributed by atoms with Crippen molar-refractivity contribution in [3.05, 3.63) is 18.1 Å². The number of hydrogen-bond donors (Lipinski definition) is 1. The molecule has 0 radical (unpaired) electrons. The Morgan fingerprint density at radius 2 is 1.94 bits per heavy atom. The van der Waals surface area contributed by atoms with Crippen LogP contribution in [0.4, 0.5) is 0 Å². The van der Waals surface area contributed by atoms with Crippen molar-refractivity contribution in [3.8, 4) is 5.88 Å². The quantitative estimate of drug-likeness (QED) is 0.850. The van der Waals surface area contributed by atoms with Gasteiger partial charge in [0.05, 0.1) is 13.2 Å². The maximum atomic E-state index is 5.23. The van der Waals surface area contributed by atoms with E-state index in [1.807, 2.05) is 7.05 Å². The molecule has 1 aromatic rings. The SMILES string of the molecule is CNC(CC(C)(C)C)c1nccnc1OC. The summed E-state index contributed by atoms with van der Waals surface area (Å²) in [4.78, 5) is 8.53. The molecule has 90 valence electrons. The Hall–Kier alpha value is -1.16. The average molecular weight is 223 g/mol. The van der Waals surface area contributed by atoms with E-state index in [2.05, 4.69) is 36.1 Å². The summed E-state index contributed by atoms with van der Waals surface area (Å²) in [5.41, 5.74) is 1.11. The predicted octanol–water partition coefficient (Wildman–Crippen LogP) is 2.18. The van der Waals surface area contributed by atoms with Crippen LogP contribution in [-0.4, -0.2) is 24.1 Å². The number of ether oxygens (including phenoxy) is 1. The van der Waals surface area contributed by atoms with Crippen LogP contribution in [-0.2, 0) is 0 Å². The largest absolute Gasteiger partial charge is 0.480 e. The van der Waals surface area contributed by atoms with E-state index in [9.17, 15) is 0 Å². The van der Waals surface area contributed by atoms with Crippen LogP contribution >= 0.6 is 0 Å². The van der Waals surface area contributed by atoms with Gasteiger partial charge in [-0.3, -0.25) is 4.98 Å². The molecule has 0 spiro atoms. The third-order valence-electron chi connectivity index (χ3n) is 2.38. The van der Waals surface area contributed by atoms with Gasteiger partial charge in [0.15, 0.2) is 0 Å². The topological polar surface area (TPSA) is 47.0 Å². The van der Waals surface area contributed by atoms with Crippen LogP contribution in [0.1, 0.15) is 38.9 Å². The van der Waals surface area contributed by atoms with Crippen LogP contribution < -0.4 is 10.1 Å². The fourth-order valence-corrected chi connectivity index (χ4v) is 1.68. The highest BCUT2D eigenvalue weighted by atomic mass is 16.5. The van der Waals surface area contributed by atoms with E-state index in [0.29, 0.717) is 5.88 Å². The van der Waals surface area contributed by atoms with E-state index in [1.54, 1.807) is 19.5 Å². The second-order valence-electron chi connectivity index (χ2n) is 5.06. The lowest BCUT2D eigenvalue weighted by molar-refractivity contribution is 0.306. The minimum Gasteiger partial charge on any atom is -0.480 e. The van der Waals surface area contributed by atoms with Gasteiger partial charge in [0.25, 0.3) is 0 Å². The first-order chi connectivity index (χ1) is 7.48. The Kier molecular flexibility index (Phi) is 4.24. The highest BCUT2D eigenvalue weighted by molar-refractivity contribution is 5.21. The molecule has 16 heavy (non-hydrogen) atoms. The van der Waals surface area contributed by atoms with Crippen molar-refractivity contribution in [2.75, 3.05) is 14.2 Å². The summed E-state index contributed by atoms with van der Waals surface area (Å²) < 4.78 is 5.23. The Labute approximate surface area is 97.5 Å². The monoisotopic (exact) mass is 223 g/mol. The molecule has 1 rings (SSSR count). The van der Waals surface area contributed by atoms with Gasteiger partial charge in [-0.15, -0.1) is 0 Å². The molecular formula is C12H21N3O. The first-order valence-corrected chi connectivity index (χ1v) is 5.50. The fourth-order valence-electron chi connectivity index (χ4n) is 1.68. The maximum Gasteiger partial charge on any atom is 0.236 e. The van der Waals surface area contributed by atoms with Crippen LogP contribution in [0.25, 0.3) is 0 Å². The molecule has 4 nitrogen and oxygen atoms in total. The Morgan fingerprint density at radius 1 is 1.31 bits per heavy atom. The van der Waals surface area contributed by atoms with E-state index in [1.165, 1.54) is 0 Å². The van der Waals surface area contributed by atoms with Crippen molar-refractivity contribution in [3.63, 3.8) is 0 Å². The van der Waals surface area contributed by atoms with Gasteiger partial charge in [-0.2, -0.15) is 0 Å². The lowest BCUT2D eigenvalue weighted by Crippen LogP contribution is -2.24. The van der Waals surface area contributed by atoms with Crippen molar-refractivity contribution in [1.29, 1.82) is 0 Å². The standard InChI is InChI=1S/C12H21N3O/c1-12(2,3)8-9(13-4)10-11(16-5)15-7-6-14-10/h6-7,9,13H,8H2,1-5H3. The molecule has 0 fully saturated rings. The van der Waals surface area contributed by atoms with Crippen LogP contribution in [0.15, 0.2) is 12.4 Å². The van der Waals surface area contributed by atoms with Gasteiger partial charge >= 0.3 is 0 Å². The van der Waals surface area contributed by atoms with Crippen LogP contribution in [0.3, 0.4) is 0 Å². The lowest BCUT2D eigenvalue weighted by Gasteiger charge is -2.25. The lowest BCUT2D eigenvalue weighted by atomic mass is 9.87. The predicted molar refractivity (Wildman–Crippen MR) is 64.5 cm³/mol. The molecule has 1 N–H and O–H groups in total. The number of nitrogens with zero attached hydrogens (tertiary/aromatic N) is 2. The van der Waals surface area contributed by atoms with Crippen molar-refractivity contribution in [1.82, 2.24) is 15.3 Å². The number of aromatic nitrogens is 2. The molecule has 1 aromatic heterocycles. The molecule has 1 unspecified atom stereocenters. The summed E-state index contributed by atoms with van der Waals surface area (Å²) in [6.07, 6.45) is 4.33. The minimum absolute atomic E-state index is 0.170. The van der Waals surface area contributed by atoms with Crippen molar-refractivity contribution < 1.29 is 4.74 Å².